The summed E-state index contributed by atoms with van der Waals surface area (Å²) in [7, 11) is 0. The Balaban J connectivity index is 0.000000844. The van der Waals surface area contributed by atoms with Crippen LogP contribution in [-0.2, 0) is 0 Å². The summed E-state index contributed by atoms with van der Waals surface area (Å²) < 4.78 is 0. The Kier molecular flexibility index (Phi) is 9.20. The third kappa shape index (κ3) is 5.75. The lowest BCUT2D eigenvalue weighted by atomic mass is 9.70. The normalized spacial score (nSPS) is 33.9. The number of rotatable bonds is 4. The molecule has 1 N–H and O–H groups in total. The van der Waals surface area contributed by atoms with Gasteiger partial charge >= 0.3 is 0 Å². The molecule has 4 rings (SSSR count). The van der Waals surface area contributed by atoms with Crippen LogP contribution in [0.2, 0.25) is 0 Å². The van der Waals surface area contributed by atoms with Gasteiger partial charge in [0.2, 0.25) is 0 Å². The lowest BCUT2D eigenvalue weighted by molar-refractivity contribution is 0.227. The molecule has 2 unspecified atom stereocenters. The largest absolute Gasteiger partial charge is 0.316 e. The van der Waals surface area contributed by atoms with E-state index in [1.165, 1.54) is 71.2 Å². The number of allylic oxidation sites excluding steroid dienone is 3. The summed E-state index contributed by atoms with van der Waals surface area (Å²) in [6.45, 7) is 6.31. The van der Waals surface area contributed by atoms with Gasteiger partial charge in [-0.1, -0.05) is 49.0 Å². The van der Waals surface area contributed by atoms with E-state index in [0.29, 0.717) is 0 Å². The number of hydrogen-bond donors (Lipinski definition) is 1. The van der Waals surface area contributed by atoms with Crippen molar-refractivity contribution in [3.05, 3.63) is 23.3 Å². The van der Waals surface area contributed by atoms with Gasteiger partial charge in [0.05, 0.1) is 0 Å². The molecule has 2 aliphatic carbocycles. The molecular weight excluding hydrogens is 328 g/mol. The van der Waals surface area contributed by atoms with Crippen LogP contribution in [0.3, 0.4) is 0 Å². The fourth-order valence-corrected chi connectivity index (χ4v) is 5.23. The van der Waals surface area contributed by atoms with E-state index in [1.54, 1.807) is 11.1 Å². The summed E-state index contributed by atoms with van der Waals surface area (Å²) >= 11 is 0. The van der Waals surface area contributed by atoms with Crippen LogP contribution < -0.4 is 5.32 Å². The van der Waals surface area contributed by atoms with Crippen LogP contribution in [0.25, 0.3) is 0 Å². The van der Waals surface area contributed by atoms with Crippen LogP contribution in [0.4, 0.5) is 0 Å². The van der Waals surface area contributed by atoms with Gasteiger partial charge in [-0.05, 0) is 76.0 Å². The van der Waals surface area contributed by atoms with Crippen LogP contribution in [0.5, 0.6) is 0 Å². The monoisotopic (exact) mass is 366 g/mol. The van der Waals surface area contributed by atoms with Gasteiger partial charge < -0.3 is 10.2 Å². The highest BCUT2D eigenvalue weighted by Crippen LogP contribution is 2.41. The number of nitrogens with zero attached hydrogens (tertiary/aromatic N) is 1. The number of fused-ring (bicyclic) bond motifs is 1. The van der Waals surface area contributed by atoms with E-state index in [9.17, 15) is 0 Å². The minimum Gasteiger partial charge on any atom is -0.316 e. The molecule has 3 fully saturated rings. The van der Waals surface area contributed by atoms with Gasteiger partial charge in [-0.15, -0.1) is 12.8 Å². The van der Waals surface area contributed by atoms with E-state index in [4.69, 9.17) is 0 Å². The van der Waals surface area contributed by atoms with Crippen molar-refractivity contribution in [3.63, 3.8) is 0 Å². The van der Waals surface area contributed by atoms with Crippen molar-refractivity contribution in [1.29, 1.82) is 0 Å². The SMILES string of the molecule is C.C#C.C1#CC/C(C2CCC[C@H]3CNCC23)=C\C=C(\CCN2CCCC2)C1. The molecule has 148 valence electrons. The predicted octanol–water partition coefficient (Wildman–Crippen LogP) is 4.64. The molecule has 27 heavy (non-hydrogen) atoms. The highest BCUT2D eigenvalue weighted by Gasteiger charge is 2.37. The van der Waals surface area contributed by atoms with Crippen LogP contribution in [0.15, 0.2) is 23.3 Å². The van der Waals surface area contributed by atoms with Gasteiger partial charge in [-0.3, -0.25) is 0 Å². The van der Waals surface area contributed by atoms with Crippen LogP contribution in [0.1, 0.15) is 58.8 Å². The first-order valence-electron chi connectivity index (χ1n) is 10.5. The zero-order chi connectivity index (χ0) is 18.2. The Morgan fingerprint density at radius 2 is 1.78 bits per heavy atom. The molecule has 0 spiro atoms. The summed E-state index contributed by atoms with van der Waals surface area (Å²) in [5.41, 5.74) is 3.17. The molecular formula is C25H38N2. The van der Waals surface area contributed by atoms with Crippen LogP contribution in [-0.4, -0.2) is 37.6 Å². The molecule has 0 aromatic carbocycles. The topological polar surface area (TPSA) is 15.3 Å². The van der Waals surface area contributed by atoms with Crippen molar-refractivity contribution in [2.45, 2.75) is 58.8 Å². The zero-order valence-electron chi connectivity index (χ0n) is 16.2. The van der Waals surface area contributed by atoms with Crippen molar-refractivity contribution >= 4 is 0 Å². The molecule has 2 saturated heterocycles. The molecule has 0 bridgehead atoms. The van der Waals surface area contributed by atoms with Gasteiger partial charge in [0.15, 0.2) is 0 Å². The fourth-order valence-electron chi connectivity index (χ4n) is 5.23. The van der Waals surface area contributed by atoms with E-state index in [1.807, 2.05) is 0 Å². The molecule has 0 aromatic heterocycles. The highest BCUT2D eigenvalue weighted by molar-refractivity contribution is 5.30. The first-order valence-corrected chi connectivity index (χ1v) is 10.5. The van der Waals surface area contributed by atoms with Crippen molar-refractivity contribution < 1.29 is 0 Å². The van der Waals surface area contributed by atoms with E-state index < -0.39 is 0 Å². The van der Waals surface area contributed by atoms with E-state index >= 15 is 0 Å². The average molecular weight is 367 g/mol. The maximum absolute atomic E-state index is 4.00. The molecule has 1 saturated carbocycles. The number of terminal acetylenes is 1. The molecule has 2 nitrogen and oxygen atoms in total. The zero-order valence-corrected chi connectivity index (χ0v) is 16.2. The third-order valence-corrected chi connectivity index (χ3v) is 6.69. The third-order valence-electron chi connectivity index (χ3n) is 6.69. The smallest absolute Gasteiger partial charge is 0.0305 e. The molecule has 4 aliphatic rings. The Bertz CT molecular complexity index is 595. The molecule has 0 aromatic rings. The van der Waals surface area contributed by atoms with Gasteiger partial charge in [-0.25, -0.2) is 0 Å². The number of nitrogens with one attached hydrogen (secondary N) is 1. The highest BCUT2D eigenvalue weighted by atomic mass is 15.1. The maximum Gasteiger partial charge on any atom is 0.0305 e. The summed E-state index contributed by atoms with van der Waals surface area (Å²) in [6, 6.07) is 0. The predicted molar refractivity (Wildman–Crippen MR) is 117 cm³/mol. The summed E-state index contributed by atoms with van der Waals surface area (Å²) in [4.78, 5) is 2.62. The molecule has 3 atom stereocenters. The van der Waals surface area contributed by atoms with Gasteiger partial charge in [0.1, 0.15) is 0 Å². The molecule has 2 heterocycles. The van der Waals surface area contributed by atoms with E-state index in [-0.39, 0.29) is 7.43 Å². The first kappa shape index (κ1) is 21.8. The second-order valence-corrected chi connectivity index (χ2v) is 8.19. The molecule has 0 amide bonds. The second kappa shape index (κ2) is 11.4. The number of hydrogen-bond acceptors (Lipinski definition) is 2. The average Bonchev–Trinajstić information content (AvgIpc) is 3.34. The number of likely N-dealkylation sites (tertiary alicyclic amines) is 1. The minimum atomic E-state index is 0. The standard InChI is InChI=1S/C22H32N2.C2H2.CH4/c1-2-7-19(21-9-5-8-20-16-23-17-22(20)21)11-10-18(6-1)12-15-24-13-3-4-14-24;1-2;/h10-11,20-23H,3-9,12-17H2;1-2H;1H4/b18-10+,19-11+;;/t20-,21?,22?;;/m0../s1. The minimum absolute atomic E-state index is 0. The summed E-state index contributed by atoms with van der Waals surface area (Å²) in [6.07, 6.45) is 23.1. The molecule has 0 radical (unpaired) electrons. The second-order valence-electron chi connectivity index (χ2n) is 8.19. The quantitative estimate of drug-likeness (QED) is 0.729. The maximum atomic E-state index is 4.00. The Morgan fingerprint density at radius 3 is 2.59 bits per heavy atom. The Morgan fingerprint density at radius 1 is 1.00 bits per heavy atom. The van der Waals surface area contributed by atoms with Crippen molar-refractivity contribution in [3.8, 4) is 24.7 Å². The molecule has 2 heteroatoms. The van der Waals surface area contributed by atoms with Gasteiger partial charge in [0.25, 0.3) is 0 Å². The lowest BCUT2D eigenvalue weighted by Gasteiger charge is -2.34. The fraction of sp³-hybridized carbons (Fsp3) is 0.680. The summed E-state index contributed by atoms with van der Waals surface area (Å²) in [5.74, 6) is 9.49. The first-order chi connectivity index (χ1) is 12.9. The summed E-state index contributed by atoms with van der Waals surface area (Å²) in [5, 5.41) is 3.64. The van der Waals surface area contributed by atoms with Gasteiger partial charge in [0, 0.05) is 19.4 Å². The van der Waals surface area contributed by atoms with Crippen LogP contribution in [0, 0.1) is 42.4 Å². The molecule has 2 aliphatic heterocycles. The van der Waals surface area contributed by atoms with Crippen molar-refractivity contribution in [2.75, 3.05) is 32.7 Å². The van der Waals surface area contributed by atoms with Crippen molar-refractivity contribution in [2.24, 2.45) is 17.8 Å². The Labute approximate surface area is 167 Å². The van der Waals surface area contributed by atoms with Crippen molar-refractivity contribution in [1.82, 2.24) is 10.2 Å². The lowest BCUT2D eigenvalue weighted by Crippen LogP contribution is -2.28. The van der Waals surface area contributed by atoms with E-state index in [0.717, 1.165) is 30.6 Å². The van der Waals surface area contributed by atoms with Gasteiger partial charge in [-0.2, -0.15) is 0 Å². The Hall–Kier alpha value is -1.48. The van der Waals surface area contributed by atoms with E-state index in [2.05, 4.69) is 47.1 Å². The van der Waals surface area contributed by atoms with Crippen LogP contribution >= 0.6 is 0 Å².